The maximum Gasteiger partial charge on any atom is 0.226 e. The lowest BCUT2D eigenvalue weighted by Gasteiger charge is -2.38. The van der Waals surface area contributed by atoms with E-state index in [0.29, 0.717) is 12.5 Å². The Hall–Kier alpha value is -1.42. The smallest absolute Gasteiger partial charge is 0.226 e. The number of carbonyl (C=O) groups excluding carboxylic acids is 1. The molecule has 0 N–H and O–H groups in total. The lowest BCUT2D eigenvalue weighted by molar-refractivity contribution is -0.132. The van der Waals surface area contributed by atoms with E-state index in [1.807, 2.05) is 11.0 Å². The van der Waals surface area contributed by atoms with Crippen molar-refractivity contribution < 1.29 is 9.18 Å². The van der Waals surface area contributed by atoms with Crippen molar-refractivity contribution >= 4 is 5.91 Å². The minimum Gasteiger partial charge on any atom is -0.342 e. The number of nitrogens with zero attached hydrogens (tertiary/aromatic N) is 2. The van der Waals surface area contributed by atoms with E-state index >= 15 is 0 Å². The molecule has 126 valence electrons. The standard InChI is InChI=1S/C19H27FN2O/c20-17-7-5-6-16(14-17)15-19(23)22-12-8-18(9-13-22)21-10-3-1-2-4-11-21/h5-7,14,18H,1-4,8-13,15H2. The predicted octanol–water partition coefficient (Wildman–Crippen LogP) is 3.24. The molecule has 0 aromatic heterocycles. The van der Waals surface area contributed by atoms with Crippen molar-refractivity contribution in [3.8, 4) is 0 Å². The highest BCUT2D eigenvalue weighted by molar-refractivity contribution is 5.78. The molecule has 0 bridgehead atoms. The number of hydrogen-bond acceptors (Lipinski definition) is 2. The van der Waals surface area contributed by atoms with Crippen LogP contribution in [0.15, 0.2) is 24.3 Å². The van der Waals surface area contributed by atoms with Crippen LogP contribution in [0.3, 0.4) is 0 Å². The summed E-state index contributed by atoms with van der Waals surface area (Å²) >= 11 is 0. The Morgan fingerprint density at radius 3 is 2.39 bits per heavy atom. The third-order valence-corrected chi connectivity index (χ3v) is 5.22. The zero-order chi connectivity index (χ0) is 16.1. The van der Waals surface area contributed by atoms with Crippen molar-refractivity contribution in [2.24, 2.45) is 0 Å². The molecule has 1 aromatic carbocycles. The molecule has 2 aliphatic rings. The highest BCUT2D eigenvalue weighted by Gasteiger charge is 2.27. The molecule has 2 saturated heterocycles. The first-order valence-electron chi connectivity index (χ1n) is 8.98. The fourth-order valence-electron chi connectivity index (χ4n) is 3.87. The van der Waals surface area contributed by atoms with Gasteiger partial charge < -0.3 is 9.80 Å². The lowest BCUT2D eigenvalue weighted by atomic mass is 10.0. The monoisotopic (exact) mass is 318 g/mol. The zero-order valence-corrected chi connectivity index (χ0v) is 13.8. The first-order chi connectivity index (χ1) is 11.2. The third-order valence-electron chi connectivity index (χ3n) is 5.22. The second kappa shape index (κ2) is 7.91. The van der Waals surface area contributed by atoms with Crippen molar-refractivity contribution in [3.05, 3.63) is 35.6 Å². The van der Waals surface area contributed by atoms with E-state index in [1.54, 1.807) is 6.07 Å². The van der Waals surface area contributed by atoms with Gasteiger partial charge in [-0.2, -0.15) is 0 Å². The maximum atomic E-state index is 13.2. The van der Waals surface area contributed by atoms with Crippen LogP contribution in [0, 0.1) is 5.82 Å². The van der Waals surface area contributed by atoms with Gasteiger partial charge in [0, 0.05) is 19.1 Å². The highest BCUT2D eigenvalue weighted by Crippen LogP contribution is 2.21. The van der Waals surface area contributed by atoms with Crippen molar-refractivity contribution in [1.29, 1.82) is 0 Å². The van der Waals surface area contributed by atoms with Gasteiger partial charge in [-0.1, -0.05) is 25.0 Å². The Balaban J connectivity index is 1.49. The summed E-state index contributed by atoms with van der Waals surface area (Å²) in [6.07, 6.45) is 7.83. The van der Waals surface area contributed by atoms with Gasteiger partial charge in [0.15, 0.2) is 0 Å². The fourth-order valence-corrected chi connectivity index (χ4v) is 3.87. The lowest BCUT2D eigenvalue weighted by Crippen LogP contribution is -2.47. The zero-order valence-electron chi connectivity index (χ0n) is 13.8. The van der Waals surface area contributed by atoms with Gasteiger partial charge in [-0.05, 0) is 56.5 Å². The molecule has 4 heteroatoms. The highest BCUT2D eigenvalue weighted by atomic mass is 19.1. The number of amides is 1. The molecule has 1 amide bonds. The van der Waals surface area contributed by atoms with Gasteiger partial charge >= 0.3 is 0 Å². The minimum atomic E-state index is -0.268. The molecule has 3 nitrogen and oxygen atoms in total. The van der Waals surface area contributed by atoms with Gasteiger partial charge in [-0.3, -0.25) is 4.79 Å². The second-order valence-electron chi connectivity index (χ2n) is 6.87. The molecule has 0 atom stereocenters. The van der Waals surface area contributed by atoms with E-state index < -0.39 is 0 Å². The molecule has 2 aliphatic heterocycles. The van der Waals surface area contributed by atoms with Crippen molar-refractivity contribution in [2.75, 3.05) is 26.2 Å². The van der Waals surface area contributed by atoms with E-state index in [9.17, 15) is 9.18 Å². The Bertz CT molecular complexity index is 518. The summed E-state index contributed by atoms with van der Waals surface area (Å²) in [5, 5.41) is 0. The Morgan fingerprint density at radius 1 is 1.04 bits per heavy atom. The van der Waals surface area contributed by atoms with Gasteiger partial charge in [0.1, 0.15) is 5.82 Å². The summed E-state index contributed by atoms with van der Waals surface area (Å²) in [4.78, 5) is 17.0. The summed E-state index contributed by atoms with van der Waals surface area (Å²) in [6.45, 7) is 4.13. The Morgan fingerprint density at radius 2 is 1.74 bits per heavy atom. The van der Waals surface area contributed by atoms with Gasteiger partial charge in [0.2, 0.25) is 5.91 Å². The molecule has 0 saturated carbocycles. The average molecular weight is 318 g/mol. The summed E-state index contributed by atoms with van der Waals surface area (Å²) in [7, 11) is 0. The van der Waals surface area contributed by atoms with Gasteiger partial charge in [0.25, 0.3) is 0 Å². The number of benzene rings is 1. The molecule has 3 rings (SSSR count). The van der Waals surface area contributed by atoms with E-state index in [1.165, 1.54) is 50.9 Å². The SMILES string of the molecule is O=C(Cc1cccc(F)c1)N1CCC(N2CCCCCC2)CC1. The van der Waals surface area contributed by atoms with E-state index in [2.05, 4.69) is 4.90 Å². The average Bonchev–Trinajstić information content (AvgIpc) is 2.84. The van der Waals surface area contributed by atoms with Crippen LogP contribution in [0.5, 0.6) is 0 Å². The van der Waals surface area contributed by atoms with E-state index in [4.69, 9.17) is 0 Å². The molecule has 23 heavy (non-hydrogen) atoms. The van der Waals surface area contributed by atoms with Crippen molar-refractivity contribution in [1.82, 2.24) is 9.80 Å². The van der Waals surface area contributed by atoms with Crippen LogP contribution in [0.1, 0.15) is 44.1 Å². The number of piperidine rings is 1. The first-order valence-corrected chi connectivity index (χ1v) is 8.98. The fraction of sp³-hybridized carbons (Fsp3) is 0.632. The molecule has 0 radical (unpaired) electrons. The number of likely N-dealkylation sites (tertiary alicyclic amines) is 2. The Labute approximate surface area is 138 Å². The van der Waals surface area contributed by atoms with Gasteiger partial charge in [0.05, 0.1) is 6.42 Å². The molecular formula is C19H27FN2O. The summed E-state index contributed by atoms with van der Waals surface area (Å²) in [5.41, 5.74) is 0.768. The van der Waals surface area contributed by atoms with E-state index in [-0.39, 0.29) is 11.7 Å². The largest absolute Gasteiger partial charge is 0.342 e. The number of halogens is 1. The first kappa shape index (κ1) is 16.4. The van der Waals surface area contributed by atoms with Crippen LogP contribution in [0.2, 0.25) is 0 Å². The van der Waals surface area contributed by atoms with Crippen molar-refractivity contribution in [3.63, 3.8) is 0 Å². The summed E-state index contributed by atoms with van der Waals surface area (Å²) in [6, 6.07) is 7.02. The third kappa shape index (κ3) is 4.54. The van der Waals surface area contributed by atoms with Crippen LogP contribution in [0.25, 0.3) is 0 Å². The van der Waals surface area contributed by atoms with Gasteiger partial charge in [-0.15, -0.1) is 0 Å². The van der Waals surface area contributed by atoms with Crippen LogP contribution in [0.4, 0.5) is 4.39 Å². The molecule has 0 spiro atoms. The van der Waals surface area contributed by atoms with Crippen LogP contribution >= 0.6 is 0 Å². The summed E-state index contributed by atoms with van der Waals surface area (Å²) in [5.74, 6) is -0.139. The predicted molar refractivity (Wildman–Crippen MR) is 89.7 cm³/mol. The maximum absolute atomic E-state index is 13.2. The molecule has 1 aromatic rings. The molecule has 0 unspecified atom stereocenters. The van der Waals surface area contributed by atoms with Crippen LogP contribution in [-0.2, 0) is 11.2 Å². The summed E-state index contributed by atoms with van der Waals surface area (Å²) < 4.78 is 13.2. The quantitative estimate of drug-likeness (QED) is 0.854. The molecule has 2 heterocycles. The number of carbonyl (C=O) groups is 1. The number of hydrogen-bond donors (Lipinski definition) is 0. The van der Waals surface area contributed by atoms with Crippen LogP contribution in [-0.4, -0.2) is 47.9 Å². The number of rotatable bonds is 3. The van der Waals surface area contributed by atoms with Gasteiger partial charge in [-0.25, -0.2) is 4.39 Å². The molecular weight excluding hydrogens is 291 g/mol. The molecule has 2 fully saturated rings. The van der Waals surface area contributed by atoms with Crippen molar-refractivity contribution in [2.45, 2.75) is 51.0 Å². The van der Waals surface area contributed by atoms with Crippen LogP contribution < -0.4 is 0 Å². The molecule has 0 aliphatic carbocycles. The topological polar surface area (TPSA) is 23.6 Å². The minimum absolute atomic E-state index is 0.130. The Kier molecular flexibility index (Phi) is 5.65. The second-order valence-corrected chi connectivity index (χ2v) is 6.87. The normalized spacial score (nSPS) is 21.2. The van der Waals surface area contributed by atoms with E-state index in [0.717, 1.165) is 31.5 Å².